The molecule has 0 heterocycles. The highest BCUT2D eigenvalue weighted by atomic mass is 16.5. The smallest absolute Gasteiger partial charge is 0.119 e. The Morgan fingerprint density at radius 3 is 2.20 bits per heavy atom. The summed E-state index contributed by atoms with van der Waals surface area (Å²) < 4.78 is 5.78. The van der Waals surface area contributed by atoms with Gasteiger partial charge >= 0.3 is 0 Å². The molecule has 136 valence electrons. The molecular formula is C22H32N2O. The van der Waals surface area contributed by atoms with Crippen molar-refractivity contribution in [2.75, 3.05) is 39.2 Å². The van der Waals surface area contributed by atoms with Crippen molar-refractivity contribution in [2.24, 2.45) is 0 Å². The van der Waals surface area contributed by atoms with E-state index in [9.17, 15) is 0 Å². The number of benzene rings is 2. The van der Waals surface area contributed by atoms with E-state index in [4.69, 9.17) is 4.74 Å². The van der Waals surface area contributed by atoms with Crippen molar-refractivity contribution < 1.29 is 4.74 Å². The summed E-state index contributed by atoms with van der Waals surface area (Å²) in [4.78, 5) is 4.61. The first-order chi connectivity index (χ1) is 12.1. The number of anilines is 1. The van der Waals surface area contributed by atoms with Crippen LogP contribution >= 0.6 is 0 Å². The van der Waals surface area contributed by atoms with E-state index >= 15 is 0 Å². The third-order valence-electron chi connectivity index (χ3n) is 4.51. The Morgan fingerprint density at radius 2 is 1.60 bits per heavy atom. The molecule has 2 aromatic carbocycles. The molecule has 0 radical (unpaired) electrons. The van der Waals surface area contributed by atoms with Crippen molar-refractivity contribution in [3.05, 3.63) is 60.2 Å². The lowest BCUT2D eigenvalue weighted by molar-refractivity contribution is 0.309. The molecule has 1 atom stereocenters. The number of unbranched alkanes of at least 4 members (excludes halogenated alkanes) is 1. The second-order valence-electron chi connectivity index (χ2n) is 6.83. The second-order valence-corrected chi connectivity index (χ2v) is 6.83. The molecule has 3 heteroatoms. The van der Waals surface area contributed by atoms with Crippen LogP contribution in [0.25, 0.3) is 0 Å². The first kappa shape index (κ1) is 19.3. The topological polar surface area (TPSA) is 15.7 Å². The summed E-state index contributed by atoms with van der Waals surface area (Å²) in [7, 11) is 6.44. The van der Waals surface area contributed by atoms with Gasteiger partial charge in [0.2, 0.25) is 0 Å². The number of hydrogen-bond donors (Lipinski definition) is 0. The molecule has 1 unspecified atom stereocenters. The van der Waals surface area contributed by atoms with Gasteiger partial charge in [0.15, 0.2) is 0 Å². The van der Waals surface area contributed by atoms with E-state index in [2.05, 4.69) is 92.5 Å². The molecule has 25 heavy (non-hydrogen) atoms. The summed E-state index contributed by atoms with van der Waals surface area (Å²) >= 11 is 0. The third-order valence-corrected chi connectivity index (χ3v) is 4.51. The van der Waals surface area contributed by atoms with Crippen molar-refractivity contribution in [1.82, 2.24) is 4.90 Å². The summed E-state index contributed by atoms with van der Waals surface area (Å²) in [6.45, 7) is 4.03. The van der Waals surface area contributed by atoms with E-state index in [-0.39, 0.29) is 0 Å². The first-order valence-corrected chi connectivity index (χ1v) is 9.27. The minimum Gasteiger partial charge on any atom is -0.494 e. The number of nitrogens with zero attached hydrogens (tertiary/aromatic N) is 2. The molecule has 0 aliphatic rings. The molecule has 0 spiro atoms. The van der Waals surface area contributed by atoms with Crippen molar-refractivity contribution in [3.63, 3.8) is 0 Å². The normalized spacial score (nSPS) is 12.2. The van der Waals surface area contributed by atoms with Gasteiger partial charge in [-0.25, -0.2) is 0 Å². The van der Waals surface area contributed by atoms with Crippen LogP contribution in [0.5, 0.6) is 5.75 Å². The maximum absolute atomic E-state index is 5.78. The molecule has 0 saturated carbocycles. The molecule has 0 aliphatic carbocycles. The van der Waals surface area contributed by atoms with Crippen LogP contribution in [-0.4, -0.2) is 39.2 Å². The minimum atomic E-state index is 0.357. The van der Waals surface area contributed by atoms with E-state index in [1.165, 1.54) is 11.3 Å². The summed E-state index contributed by atoms with van der Waals surface area (Å²) in [5, 5.41) is 0. The molecule has 0 N–H and O–H groups in total. The Morgan fingerprint density at radius 1 is 0.920 bits per heavy atom. The second kappa shape index (κ2) is 10.1. The summed E-state index contributed by atoms with van der Waals surface area (Å²) in [6.07, 6.45) is 3.34. The van der Waals surface area contributed by atoms with Gasteiger partial charge in [0.25, 0.3) is 0 Å². The van der Waals surface area contributed by atoms with Crippen molar-refractivity contribution in [2.45, 2.75) is 32.2 Å². The molecule has 0 saturated heterocycles. The lowest BCUT2D eigenvalue weighted by atomic mass is 10.0. The standard InChI is InChI=1S/C22H32N2O/c1-5-6-18-25-21-14-12-20(13-15-21)24(4)22(16-17-23(2)3)19-10-8-7-9-11-19/h7-15,22H,5-6,16-18H2,1-4H3. The molecule has 3 nitrogen and oxygen atoms in total. The molecular weight excluding hydrogens is 308 g/mol. The van der Waals surface area contributed by atoms with Crippen LogP contribution in [0.15, 0.2) is 54.6 Å². The van der Waals surface area contributed by atoms with E-state index in [1.54, 1.807) is 0 Å². The third kappa shape index (κ3) is 6.09. The van der Waals surface area contributed by atoms with Gasteiger partial charge in [-0.3, -0.25) is 0 Å². The lowest BCUT2D eigenvalue weighted by Crippen LogP contribution is -2.27. The Labute approximate surface area is 153 Å². The molecule has 2 rings (SSSR count). The van der Waals surface area contributed by atoms with Crippen LogP contribution in [0.2, 0.25) is 0 Å². The number of rotatable bonds is 10. The van der Waals surface area contributed by atoms with Crippen molar-refractivity contribution in [1.29, 1.82) is 0 Å². The fraction of sp³-hybridized carbons (Fsp3) is 0.455. The van der Waals surface area contributed by atoms with Crippen LogP contribution in [0, 0.1) is 0 Å². The van der Waals surface area contributed by atoms with Crippen LogP contribution < -0.4 is 9.64 Å². The Hall–Kier alpha value is -2.00. The van der Waals surface area contributed by atoms with Gasteiger partial charge in [-0.05, 0) is 63.3 Å². The Balaban J connectivity index is 2.11. The average Bonchev–Trinajstić information content (AvgIpc) is 2.63. The molecule has 0 aliphatic heterocycles. The highest BCUT2D eigenvalue weighted by Crippen LogP contribution is 2.29. The van der Waals surface area contributed by atoms with Crippen LogP contribution in [0.4, 0.5) is 5.69 Å². The van der Waals surface area contributed by atoms with Crippen molar-refractivity contribution >= 4 is 5.69 Å². The fourth-order valence-electron chi connectivity index (χ4n) is 2.93. The largest absolute Gasteiger partial charge is 0.494 e. The minimum absolute atomic E-state index is 0.357. The van der Waals surface area contributed by atoms with Crippen LogP contribution in [0.3, 0.4) is 0 Å². The highest BCUT2D eigenvalue weighted by molar-refractivity contribution is 5.50. The van der Waals surface area contributed by atoms with Crippen molar-refractivity contribution in [3.8, 4) is 5.75 Å². The van der Waals surface area contributed by atoms with Crippen LogP contribution in [-0.2, 0) is 0 Å². The monoisotopic (exact) mass is 340 g/mol. The molecule has 0 bridgehead atoms. The quantitative estimate of drug-likeness (QED) is 0.566. The van der Waals surface area contributed by atoms with Gasteiger partial charge in [0, 0.05) is 12.7 Å². The van der Waals surface area contributed by atoms with Crippen LogP contribution in [0.1, 0.15) is 37.8 Å². The summed E-state index contributed by atoms with van der Waals surface area (Å²) in [5.74, 6) is 0.954. The number of hydrogen-bond acceptors (Lipinski definition) is 3. The SMILES string of the molecule is CCCCOc1ccc(N(C)C(CCN(C)C)c2ccccc2)cc1. The molecule has 2 aromatic rings. The zero-order valence-electron chi connectivity index (χ0n) is 16.1. The zero-order valence-corrected chi connectivity index (χ0v) is 16.1. The molecule has 0 amide bonds. The predicted octanol–water partition coefficient (Wildman–Crippen LogP) is 4.99. The maximum Gasteiger partial charge on any atom is 0.119 e. The van der Waals surface area contributed by atoms with E-state index in [0.717, 1.165) is 38.2 Å². The summed E-state index contributed by atoms with van der Waals surface area (Å²) in [5.41, 5.74) is 2.57. The van der Waals surface area contributed by atoms with Gasteiger partial charge in [0.1, 0.15) is 5.75 Å². The van der Waals surface area contributed by atoms with Gasteiger partial charge in [-0.15, -0.1) is 0 Å². The Kier molecular flexibility index (Phi) is 7.80. The zero-order chi connectivity index (χ0) is 18.1. The molecule has 0 fully saturated rings. The highest BCUT2D eigenvalue weighted by Gasteiger charge is 2.17. The lowest BCUT2D eigenvalue weighted by Gasteiger charge is -2.31. The van der Waals surface area contributed by atoms with Gasteiger partial charge < -0.3 is 14.5 Å². The average molecular weight is 341 g/mol. The van der Waals surface area contributed by atoms with Gasteiger partial charge in [-0.2, -0.15) is 0 Å². The van der Waals surface area contributed by atoms with Gasteiger partial charge in [-0.1, -0.05) is 43.7 Å². The first-order valence-electron chi connectivity index (χ1n) is 9.27. The summed E-state index contributed by atoms with van der Waals surface area (Å²) in [6, 6.07) is 19.6. The number of ether oxygens (including phenoxy) is 1. The maximum atomic E-state index is 5.78. The molecule has 0 aromatic heterocycles. The van der Waals surface area contributed by atoms with E-state index < -0.39 is 0 Å². The predicted molar refractivity (Wildman–Crippen MR) is 108 cm³/mol. The van der Waals surface area contributed by atoms with Gasteiger partial charge in [0.05, 0.1) is 12.6 Å². The Bertz CT molecular complexity index is 595. The fourth-order valence-corrected chi connectivity index (χ4v) is 2.93. The van der Waals surface area contributed by atoms with E-state index in [1.807, 2.05) is 0 Å². The van der Waals surface area contributed by atoms with E-state index in [0.29, 0.717) is 6.04 Å².